The molecule has 2 aromatic rings. The van der Waals surface area contributed by atoms with Gasteiger partial charge in [-0.05, 0) is 40.7 Å². The molecule has 0 fully saturated rings. The van der Waals surface area contributed by atoms with Crippen molar-refractivity contribution >= 4 is 0 Å². The molecular weight excluding hydrogens is 244 g/mol. The van der Waals surface area contributed by atoms with Gasteiger partial charge in [0.15, 0.2) is 0 Å². The molecule has 0 N–H and O–H groups in total. The molecule has 0 unspecified atom stereocenters. The summed E-state index contributed by atoms with van der Waals surface area (Å²) in [6.45, 7) is 8.87. The van der Waals surface area contributed by atoms with Crippen LogP contribution >= 0.6 is 0 Å². The Kier molecular flexibility index (Phi) is 4.49. The largest absolute Gasteiger partial charge is 0.496 e. The summed E-state index contributed by atoms with van der Waals surface area (Å²) in [6.07, 6.45) is 0. The van der Waals surface area contributed by atoms with Crippen LogP contribution in [-0.2, 0) is 0 Å². The maximum absolute atomic E-state index is 5.51. The lowest BCUT2D eigenvalue weighted by molar-refractivity contribution is 0.416. The molecule has 106 valence electrons. The molecule has 0 bridgehead atoms. The molecule has 1 nitrogen and oxygen atoms in total. The summed E-state index contributed by atoms with van der Waals surface area (Å²) in [5.41, 5.74) is 5.10. The summed E-state index contributed by atoms with van der Waals surface area (Å²) in [5.74, 6) is 2.02. The molecule has 0 saturated carbocycles. The minimum Gasteiger partial charge on any atom is -0.496 e. The molecule has 0 heterocycles. The molecule has 0 atom stereocenters. The number of hydrogen-bond acceptors (Lipinski definition) is 1. The standard InChI is InChI=1S/C19H24O/c1-13(2)15-6-8-16(9-7-15)18-12-17(14(3)4)10-11-19(18)20-5/h6-14H,1-5H3. The Morgan fingerprint density at radius 1 is 0.750 bits per heavy atom. The Balaban J connectivity index is 2.46. The van der Waals surface area contributed by atoms with Crippen molar-refractivity contribution in [3.8, 4) is 16.9 Å². The van der Waals surface area contributed by atoms with Crippen LogP contribution < -0.4 is 4.74 Å². The molecule has 0 aromatic heterocycles. The van der Waals surface area contributed by atoms with Crippen molar-refractivity contribution in [2.24, 2.45) is 0 Å². The zero-order chi connectivity index (χ0) is 14.7. The van der Waals surface area contributed by atoms with E-state index >= 15 is 0 Å². The summed E-state index contributed by atoms with van der Waals surface area (Å²) in [6, 6.07) is 15.3. The minimum atomic E-state index is 0.523. The van der Waals surface area contributed by atoms with Gasteiger partial charge in [0, 0.05) is 5.56 Å². The van der Waals surface area contributed by atoms with Crippen LogP contribution in [-0.4, -0.2) is 7.11 Å². The van der Waals surface area contributed by atoms with Crippen molar-refractivity contribution in [1.29, 1.82) is 0 Å². The van der Waals surface area contributed by atoms with Gasteiger partial charge in [0.05, 0.1) is 7.11 Å². The van der Waals surface area contributed by atoms with Crippen LogP contribution in [0.25, 0.3) is 11.1 Å². The van der Waals surface area contributed by atoms with E-state index in [0.717, 1.165) is 5.75 Å². The first-order chi connectivity index (χ1) is 9.52. The summed E-state index contributed by atoms with van der Waals surface area (Å²) in [7, 11) is 1.73. The smallest absolute Gasteiger partial charge is 0.126 e. The molecule has 0 amide bonds. The normalized spacial score (nSPS) is 11.2. The van der Waals surface area contributed by atoms with Gasteiger partial charge in [-0.3, -0.25) is 0 Å². The van der Waals surface area contributed by atoms with Crippen LogP contribution in [0, 0.1) is 0 Å². The van der Waals surface area contributed by atoms with Crippen LogP contribution in [0.4, 0.5) is 0 Å². The first-order valence-electron chi connectivity index (χ1n) is 7.31. The second kappa shape index (κ2) is 6.13. The Morgan fingerprint density at radius 2 is 1.30 bits per heavy atom. The Bertz CT molecular complexity index is 565. The summed E-state index contributed by atoms with van der Waals surface area (Å²) >= 11 is 0. The fraction of sp³-hybridized carbons (Fsp3) is 0.368. The number of benzene rings is 2. The lowest BCUT2D eigenvalue weighted by Crippen LogP contribution is -1.93. The van der Waals surface area contributed by atoms with E-state index in [4.69, 9.17) is 4.74 Å². The van der Waals surface area contributed by atoms with Gasteiger partial charge in [-0.1, -0.05) is 58.0 Å². The van der Waals surface area contributed by atoms with E-state index < -0.39 is 0 Å². The highest BCUT2D eigenvalue weighted by Crippen LogP contribution is 2.33. The molecule has 2 aromatic carbocycles. The predicted molar refractivity (Wildman–Crippen MR) is 86.6 cm³/mol. The molecule has 0 aliphatic heterocycles. The van der Waals surface area contributed by atoms with Gasteiger partial charge in [0.25, 0.3) is 0 Å². The van der Waals surface area contributed by atoms with E-state index in [1.807, 2.05) is 0 Å². The fourth-order valence-corrected chi connectivity index (χ4v) is 2.36. The van der Waals surface area contributed by atoms with Crippen LogP contribution in [0.2, 0.25) is 0 Å². The third kappa shape index (κ3) is 3.04. The van der Waals surface area contributed by atoms with Gasteiger partial charge in [-0.15, -0.1) is 0 Å². The molecule has 0 spiro atoms. The van der Waals surface area contributed by atoms with E-state index in [-0.39, 0.29) is 0 Å². The van der Waals surface area contributed by atoms with Crippen molar-refractivity contribution in [3.05, 3.63) is 53.6 Å². The molecular formula is C19H24O. The average Bonchev–Trinajstić information content (AvgIpc) is 2.46. The van der Waals surface area contributed by atoms with E-state index in [1.165, 1.54) is 22.3 Å². The van der Waals surface area contributed by atoms with Crippen LogP contribution in [0.5, 0.6) is 5.75 Å². The number of ether oxygens (including phenoxy) is 1. The van der Waals surface area contributed by atoms with E-state index in [0.29, 0.717) is 11.8 Å². The summed E-state index contributed by atoms with van der Waals surface area (Å²) < 4.78 is 5.51. The van der Waals surface area contributed by atoms with Gasteiger partial charge >= 0.3 is 0 Å². The molecule has 0 aliphatic carbocycles. The Labute approximate surface area is 122 Å². The second-order valence-electron chi connectivity index (χ2n) is 5.89. The average molecular weight is 268 g/mol. The minimum absolute atomic E-state index is 0.523. The van der Waals surface area contributed by atoms with Crippen molar-refractivity contribution in [2.45, 2.75) is 39.5 Å². The lowest BCUT2D eigenvalue weighted by Gasteiger charge is -2.14. The lowest BCUT2D eigenvalue weighted by atomic mass is 9.94. The van der Waals surface area contributed by atoms with Crippen molar-refractivity contribution in [2.75, 3.05) is 7.11 Å². The molecule has 0 aliphatic rings. The van der Waals surface area contributed by atoms with E-state index in [1.54, 1.807) is 7.11 Å². The summed E-state index contributed by atoms with van der Waals surface area (Å²) in [4.78, 5) is 0. The Morgan fingerprint density at radius 3 is 1.80 bits per heavy atom. The van der Waals surface area contributed by atoms with E-state index in [9.17, 15) is 0 Å². The number of methoxy groups -OCH3 is 1. The Hall–Kier alpha value is -1.76. The van der Waals surface area contributed by atoms with Crippen molar-refractivity contribution in [3.63, 3.8) is 0 Å². The van der Waals surface area contributed by atoms with Crippen molar-refractivity contribution < 1.29 is 4.74 Å². The maximum atomic E-state index is 5.51. The van der Waals surface area contributed by atoms with Gasteiger partial charge in [0.1, 0.15) is 5.75 Å². The molecule has 2 rings (SSSR count). The quantitative estimate of drug-likeness (QED) is 0.700. The van der Waals surface area contributed by atoms with Crippen LogP contribution in [0.15, 0.2) is 42.5 Å². The van der Waals surface area contributed by atoms with Gasteiger partial charge in [-0.2, -0.15) is 0 Å². The molecule has 0 saturated heterocycles. The zero-order valence-corrected chi connectivity index (χ0v) is 13.1. The second-order valence-corrected chi connectivity index (χ2v) is 5.89. The SMILES string of the molecule is COc1ccc(C(C)C)cc1-c1ccc(C(C)C)cc1. The first-order valence-corrected chi connectivity index (χ1v) is 7.31. The number of hydrogen-bond donors (Lipinski definition) is 0. The zero-order valence-electron chi connectivity index (χ0n) is 13.1. The highest BCUT2D eigenvalue weighted by atomic mass is 16.5. The monoisotopic (exact) mass is 268 g/mol. The van der Waals surface area contributed by atoms with Crippen molar-refractivity contribution in [1.82, 2.24) is 0 Å². The summed E-state index contributed by atoms with van der Waals surface area (Å²) in [5, 5.41) is 0. The van der Waals surface area contributed by atoms with Crippen LogP contribution in [0.1, 0.15) is 50.7 Å². The van der Waals surface area contributed by atoms with Crippen LogP contribution in [0.3, 0.4) is 0 Å². The predicted octanol–water partition coefficient (Wildman–Crippen LogP) is 5.61. The highest BCUT2D eigenvalue weighted by Gasteiger charge is 2.09. The van der Waals surface area contributed by atoms with Gasteiger partial charge in [0.2, 0.25) is 0 Å². The fourth-order valence-electron chi connectivity index (χ4n) is 2.36. The highest BCUT2D eigenvalue weighted by molar-refractivity contribution is 5.71. The number of rotatable bonds is 4. The topological polar surface area (TPSA) is 9.23 Å². The molecule has 20 heavy (non-hydrogen) atoms. The first kappa shape index (κ1) is 14.6. The third-order valence-electron chi connectivity index (χ3n) is 3.78. The van der Waals surface area contributed by atoms with E-state index in [2.05, 4.69) is 70.2 Å². The van der Waals surface area contributed by atoms with Gasteiger partial charge in [-0.25, -0.2) is 0 Å². The molecule has 1 heteroatoms. The maximum Gasteiger partial charge on any atom is 0.126 e. The van der Waals surface area contributed by atoms with Gasteiger partial charge < -0.3 is 4.74 Å². The molecule has 0 radical (unpaired) electrons. The third-order valence-corrected chi connectivity index (χ3v) is 3.78.